The van der Waals surface area contributed by atoms with E-state index in [0.29, 0.717) is 5.56 Å². The van der Waals surface area contributed by atoms with Crippen molar-refractivity contribution in [2.75, 3.05) is 7.05 Å². The van der Waals surface area contributed by atoms with Crippen LogP contribution in [-0.2, 0) is 0 Å². The molecule has 0 spiro atoms. The van der Waals surface area contributed by atoms with Gasteiger partial charge in [0.15, 0.2) is 0 Å². The van der Waals surface area contributed by atoms with Crippen LogP contribution in [0.5, 0.6) is 0 Å². The summed E-state index contributed by atoms with van der Waals surface area (Å²) in [6, 6.07) is 13.6. The Morgan fingerprint density at radius 3 is 2.62 bits per heavy atom. The van der Waals surface area contributed by atoms with Crippen molar-refractivity contribution >= 4 is 5.91 Å². The molecular weight excluding hydrogens is 300 g/mol. The Hall–Kier alpha value is -2.95. The first-order valence-electron chi connectivity index (χ1n) is 7.98. The summed E-state index contributed by atoms with van der Waals surface area (Å²) in [5, 5.41) is 7.02. The van der Waals surface area contributed by atoms with Gasteiger partial charge in [0.05, 0.1) is 23.5 Å². The number of carbonyl (C=O) groups is 1. The minimum absolute atomic E-state index is 0.0234. The predicted octanol–water partition coefficient (Wildman–Crippen LogP) is 3.70. The number of pyridine rings is 1. The third kappa shape index (κ3) is 3.06. The maximum atomic E-state index is 13.0. The van der Waals surface area contributed by atoms with E-state index in [-0.39, 0.29) is 11.9 Å². The zero-order valence-corrected chi connectivity index (χ0v) is 13.8. The molecule has 1 aromatic carbocycles. The van der Waals surface area contributed by atoms with Crippen LogP contribution in [0.25, 0.3) is 11.3 Å². The second-order valence-electron chi connectivity index (χ2n) is 5.65. The molecule has 2 heterocycles. The highest BCUT2D eigenvalue weighted by Crippen LogP contribution is 2.27. The molecule has 3 aromatic rings. The highest BCUT2D eigenvalue weighted by Gasteiger charge is 2.24. The highest BCUT2D eigenvalue weighted by molar-refractivity contribution is 5.99. The number of aromatic nitrogens is 3. The zero-order chi connectivity index (χ0) is 16.9. The summed E-state index contributed by atoms with van der Waals surface area (Å²) in [7, 11) is 1.82. The molecule has 1 atom stereocenters. The van der Waals surface area contributed by atoms with Crippen molar-refractivity contribution in [3.8, 4) is 11.3 Å². The first-order chi connectivity index (χ1) is 11.7. The second-order valence-corrected chi connectivity index (χ2v) is 5.65. The Kier molecular flexibility index (Phi) is 4.70. The SMILES string of the molecule is CCC(c1cccnc1)N(C)C(=O)c1cn[nH]c1-c1ccccc1. The molecular formula is C19H20N4O. The van der Waals surface area contributed by atoms with Gasteiger partial charge in [0.25, 0.3) is 5.91 Å². The number of amides is 1. The quantitative estimate of drug-likeness (QED) is 0.780. The van der Waals surface area contributed by atoms with E-state index in [1.807, 2.05) is 55.7 Å². The van der Waals surface area contributed by atoms with Gasteiger partial charge < -0.3 is 4.90 Å². The van der Waals surface area contributed by atoms with Crippen LogP contribution in [0.1, 0.15) is 35.3 Å². The fourth-order valence-corrected chi connectivity index (χ4v) is 2.91. The monoisotopic (exact) mass is 320 g/mol. The van der Waals surface area contributed by atoms with Gasteiger partial charge in [-0.15, -0.1) is 0 Å². The molecule has 0 radical (unpaired) electrons. The van der Waals surface area contributed by atoms with Crippen LogP contribution in [0.2, 0.25) is 0 Å². The number of carbonyl (C=O) groups excluding carboxylic acids is 1. The smallest absolute Gasteiger partial charge is 0.257 e. The summed E-state index contributed by atoms with van der Waals surface area (Å²) in [6.07, 6.45) is 5.95. The maximum Gasteiger partial charge on any atom is 0.257 e. The van der Waals surface area contributed by atoms with Gasteiger partial charge in [-0.25, -0.2) is 0 Å². The lowest BCUT2D eigenvalue weighted by Gasteiger charge is -2.27. The summed E-state index contributed by atoms with van der Waals surface area (Å²) >= 11 is 0. The molecule has 0 bridgehead atoms. The number of hydrogen-bond donors (Lipinski definition) is 1. The number of rotatable bonds is 5. The van der Waals surface area contributed by atoms with Crippen LogP contribution in [0, 0.1) is 0 Å². The number of hydrogen-bond acceptors (Lipinski definition) is 3. The normalized spacial score (nSPS) is 11.9. The summed E-state index contributed by atoms with van der Waals surface area (Å²) in [4.78, 5) is 18.9. The van der Waals surface area contributed by atoms with Crippen molar-refractivity contribution in [2.45, 2.75) is 19.4 Å². The third-order valence-corrected chi connectivity index (χ3v) is 4.18. The summed E-state index contributed by atoms with van der Waals surface area (Å²) < 4.78 is 0. The summed E-state index contributed by atoms with van der Waals surface area (Å²) in [5.74, 6) is -0.0571. The van der Waals surface area contributed by atoms with E-state index in [2.05, 4.69) is 22.1 Å². The van der Waals surface area contributed by atoms with Crippen LogP contribution in [0.3, 0.4) is 0 Å². The zero-order valence-electron chi connectivity index (χ0n) is 13.8. The molecule has 2 aromatic heterocycles. The van der Waals surface area contributed by atoms with Gasteiger partial charge in [0.2, 0.25) is 0 Å². The molecule has 0 fully saturated rings. The van der Waals surface area contributed by atoms with E-state index in [1.165, 1.54) is 0 Å². The van der Waals surface area contributed by atoms with E-state index >= 15 is 0 Å². The largest absolute Gasteiger partial charge is 0.335 e. The molecule has 5 heteroatoms. The van der Waals surface area contributed by atoms with Gasteiger partial charge in [-0.2, -0.15) is 5.10 Å². The van der Waals surface area contributed by atoms with Crippen LogP contribution in [0.4, 0.5) is 0 Å². The molecule has 5 nitrogen and oxygen atoms in total. The fraction of sp³-hybridized carbons (Fsp3) is 0.211. The Bertz CT molecular complexity index is 799. The molecule has 0 aliphatic carbocycles. The number of aromatic amines is 1. The van der Waals surface area contributed by atoms with E-state index in [9.17, 15) is 4.79 Å². The molecule has 1 amide bonds. The van der Waals surface area contributed by atoms with Gasteiger partial charge in [0.1, 0.15) is 0 Å². The van der Waals surface area contributed by atoms with Crippen molar-refractivity contribution in [2.24, 2.45) is 0 Å². The number of nitrogens with one attached hydrogen (secondary N) is 1. The van der Waals surface area contributed by atoms with Gasteiger partial charge >= 0.3 is 0 Å². The standard InChI is InChI=1S/C19H20N4O/c1-3-17(15-10-7-11-20-12-15)23(2)19(24)16-13-21-22-18(16)14-8-5-4-6-9-14/h4-13,17H,3H2,1-2H3,(H,21,22). The molecule has 24 heavy (non-hydrogen) atoms. The first kappa shape index (κ1) is 15.9. The van der Waals surface area contributed by atoms with Crippen LogP contribution in [0.15, 0.2) is 61.1 Å². The second kappa shape index (κ2) is 7.08. The minimum atomic E-state index is -0.0571. The average Bonchev–Trinajstić information content (AvgIpc) is 3.13. The lowest BCUT2D eigenvalue weighted by molar-refractivity contribution is 0.0727. The minimum Gasteiger partial charge on any atom is -0.335 e. The summed E-state index contributed by atoms with van der Waals surface area (Å²) in [6.45, 7) is 2.06. The van der Waals surface area contributed by atoms with Crippen molar-refractivity contribution in [3.63, 3.8) is 0 Å². The number of H-pyrrole nitrogens is 1. The summed E-state index contributed by atoms with van der Waals surface area (Å²) in [5.41, 5.74) is 3.29. The predicted molar refractivity (Wildman–Crippen MR) is 93.4 cm³/mol. The molecule has 1 N–H and O–H groups in total. The molecule has 122 valence electrons. The Morgan fingerprint density at radius 1 is 1.17 bits per heavy atom. The molecule has 3 rings (SSSR count). The molecule has 0 saturated carbocycles. The van der Waals surface area contributed by atoms with Gasteiger partial charge in [-0.1, -0.05) is 43.3 Å². The van der Waals surface area contributed by atoms with E-state index in [4.69, 9.17) is 0 Å². The van der Waals surface area contributed by atoms with Crippen molar-refractivity contribution < 1.29 is 4.79 Å². The third-order valence-electron chi connectivity index (χ3n) is 4.18. The average molecular weight is 320 g/mol. The van der Waals surface area contributed by atoms with Crippen molar-refractivity contribution in [1.29, 1.82) is 0 Å². The molecule has 1 unspecified atom stereocenters. The fourth-order valence-electron chi connectivity index (χ4n) is 2.91. The first-order valence-corrected chi connectivity index (χ1v) is 7.98. The Balaban J connectivity index is 1.91. The Morgan fingerprint density at radius 2 is 1.96 bits per heavy atom. The van der Waals surface area contributed by atoms with E-state index in [0.717, 1.165) is 23.2 Å². The van der Waals surface area contributed by atoms with Crippen molar-refractivity contribution in [3.05, 3.63) is 72.2 Å². The van der Waals surface area contributed by atoms with E-state index in [1.54, 1.807) is 17.3 Å². The number of nitrogens with zero attached hydrogens (tertiary/aromatic N) is 3. The van der Waals surface area contributed by atoms with Gasteiger partial charge in [-0.05, 0) is 18.1 Å². The van der Waals surface area contributed by atoms with Crippen LogP contribution >= 0.6 is 0 Å². The van der Waals surface area contributed by atoms with Gasteiger partial charge in [0, 0.05) is 25.0 Å². The van der Waals surface area contributed by atoms with Crippen LogP contribution in [-0.4, -0.2) is 33.0 Å². The lowest BCUT2D eigenvalue weighted by Crippen LogP contribution is -2.31. The van der Waals surface area contributed by atoms with Gasteiger partial charge in [-0.3, -0.25) is 14.9 Å². The van der Waals surface area contributed by atoms with E-state index < -0.39 is 0 Å². The Labute approximate surface area is 141 Å². The number of benzene rings is 1. The highest BCUT2D eigenvalue weighted by atomic mass is 16.2. The molecule has 0 aliphatic rings. The topological polar surface area (TPSA) is 61.9 Å². The maximum absolute atomic E-state index is 13.0. The van der Waals surface area contributed by atoms with Crippen LogP contribution < -0.4 is 0 Å². The lowest BCUT2D eigenvalue weighted by atomic mass is 10.0. The molecule has 0 aliphatic heterocycles. The van der Waals surface area contributed by atoms with Crippen molar-refractivity contribution in [1.82, 2.24) is 20.1 Å². The molecule has 0 saturated heterocycles.